The van der Waals surface area contributed by atoms with Crippen LogP contribution in [0.25, 0.3) is 10.2 Å². The Kier molecular flexibility index (Phi) is 4.96. The number of rotatable bonds is 5. The highest BCUT2D eigenvalue weighted by molar-refractivity contribution is 8.14. The average Bonchev–Trinajstić information content (AvgIpc) is 3.20. The number of hydrogen-bond donors (Lipinski definition) is 0. The Bertz CT molecular complexity index is 877. The number of carbonyl (C=O) groups is 2. The van der Waals surface area contributed by atoms with Gasteiger partial charge < -0.3 is 4.42 Å². The van der Waals surface area contributed by atoms with Gasteiger partial charge in [0.2, 0.25) is 5.91 Å². The summed E-state index contributed by atoms with van der Waals surface area (Å²) >= 11 is 2.15. The predicted molar refractivity (Wildman–Crippen MR) is 92.6 cm³/mol. The molecule has 0 aliphatic carbocycles. The van der Waals surface area contributed by atoms with Crippen molar-refractivity contribution in [2.45, 2.75) is 13.5 Å². The van der Waals surface area contributed by atoms with Crippen LogP contribution in [0.4, 0.5) is 9.52 Å². The summed E-state index contributed by atoms with van der Waals surface area (Å²) in [5.74, 6) is -0.144. The fourth-order valence-corrected chi connectivity index (χ4v) is 3.56. The van der Waals surface area contributed by atoms with Crippen molar-refractivity contribution in [2.75, 3.05) is 10.7 Å². The summed E-state index contributed by atoms with van der Waals surface area (Å²) in [7, 11) is 0. The molecular formula is C16H13FN2O3S2. The van der Waals surface area contributed by atoms with Gasteiger partial charge in [-0.3, -0.25) is 14.5 Å². The molecule has 1 aromatic carbocycles. The van der Waals surface area contributed by atoms with E-state index >= 15 is 0 Å². The summed E-state index contributed by atoms with van der Waals surface area (Å²) in [5, 5.41) is 0.234. The molecule has 3 aromatic rings. The summed E-state index contributed by atoms with van der Waals surface area (Å²) in [6.07, 6.45) is 1.51. The van der Waals surface area contributed by atoms with Crippen LogP contribution < -0.4 is 4.90 Å². The number of nitrogens with zero attached hydrogens (tertiary/aromatic N) is 2. The van der Waals surface area contributed by atoms with Gasteiger partial charge in [-0.15, -0.1) is 0 Å². The first-order valence-corrected chi connectivity index (χ1v) is 8.86. The highest BCUT2D eigenvalue weighted by Crippen LogP contribution is 2.31. The molecule has 1 amide bonds. The third-order valence-corrected chi connectivity index (χ3v) is 5.02. The molecular weight excluding hydrogens is 351 g/mol. The maximum atomic E-state index is 13.9. The highest BCUT2D eigenvalue weighted by atomic mass is 32.2. The standard InChI is InChI=1S/C16H13FN2O3S2/c1-10(20)23-9-14(21)19(8-11-4-3-7-22-11)16-18-15-12(17)5-2-6-13(15)24-16/h2-7H,8-9H2,1H3. The minimum atomic E-state index is -0.432. The van der Waals surface area contributed by atoms with Crippen molar-refractivity contribution in [1.82, 2.24) is 4.98 Å². The topological polar surface area (TPSA) is 63.4 Å². The quantitative estimate of drug-likeness (QED) is 0.688. The Labute approximate surface area is 145 Å². The summed E-state index contributed by atoms with van der Waals surface area (Å²) in [4.78, 5) is 29.3. The van der Waals surface area contributed by atoms with E-state index in [9.17, 15) is 14.0 Å². The van der Waals surface area contributed by atoms with Crippen LogP contribution in [-0.4, -0.2) is 21.8 Å². The van der Waals surface area contributed by atoms with Gasteiger partial charge in [0.15, 0.2) is 10.2 Å². The lowest BCUT2D eigenvalue weighted by Crippen LogP contribution is -2.32. The first-order chi connectivity index (χ1) is 11.5. The van der Waals surface area contributed by atoms with E-state index in [1.54, 1.807) is 24.3 Å². The molecule has 0 radical (unpaired) electrons. The minimum absolute atomic E-state index is 0.00551. The van der Waals surface area contributed by atoms with E-state index in [-0.39, 0.29) is 28.8 Å². The molecule has 2 aromatic heterocycles. The average molecular weight is 364 g/mol. The van der Waals surface area contributed by atoms with Crippen molar-refractivity contribution in [3.05, 3.63) is 48.2 Å². The number of para-hydroxylation sites is 1. The van der Waals surface area contributed by atoms with Crippen molar-refractivity contribution in [2.24, 2.45) is 0 Å². The third kappa shape index (κ3) is 3.65. The fourth-order valence-electron chi connectivity index (χ4n) is 2.08. The van der Waals surface area contributed by atoms with Gasteiger partial charge >= 0.3 is 0 Å². The number of furan rings is 1. The Morgan fingerprint density at radius 3 is 2.83 bits per heavy atom. The lowest BCUT2D eigenvalue weighted by molar-refractivity contribution is -0.116. The van der Waals surface area contributed by atoms with E-state index in [2.05, 4.69) is 4.98 Å². The number of amides is 1. The van der Waals surface area contributed by atoms with Crippen LogP contribution in [-0.2, 0) is 16.1 Å². The lowest BCUT2D eigenvalue weighted by atomic mass is 10.3. The number of carbonyl (C=O) groups excluding carboxylic acids is 2. The second kappa shape index (κ2) is 7.14. The summed E-state index contributed by atoms with van der Waals surface area (Å²) < 4.78 is 19.8. The molecule has 0 unspecified atom stereocenters. The van der Waals surface area contributed by atoms with Crippen molar-refractivity contribution in [3.8, 4) is 0 Å². The largest absolute Gasteiger partial charge is 0.467 e. The Morgan fingerprint density at radius 2 is 2.17 bits per heavy atom. The zero-order chi connectivity index (χ0) is 17.1. The molecule has 24 heavy (non-hydrogen) atoms. The van der Waals surface area contributed by atoms with Crippen LogP contribution in [0.2, 0.25) is 0 Å². The Hall–Kier alpha value is -2.19. The molecule has 0 aliphatic heterocycles. The molecule has 0 fully saturated rings. The van der Waals surface area contributed by atoms with Gasteiger partial charge in [-0.25, -0.2) is 9.37 Å². The van der Waals surface area contributed by atoms with E-state index in [4.69, 9.17) is 4.42 Å². The smallest absolute Gasteiger partial charge is 0.239 e. The van der Waals surface area contributed by atoms with Crippen molar-refractivity contribution in [1.29, 1.82) is 0 Å². The monoisotopic (exact) mass is 364 g/mol. The van der Waals surface area contributed by atoms with Gasteiger partial charge in [-0.1, -0.05) is 29.2 Å². The first-order valence-electron chi connectivity index (χ1n) is 7.06. The van der Waals surface area contributed by atoms with Gasteiger partial charge in [0.05, 0.1) is 23.3 Å². The zero-order valence-electron chi connectivity index (χ0n) is 12.7. The zero-order valence-corrected chi connectivity index (χ0v) is 14.3. The number of aromatic nitrogens is 1. The second-order valence-electron chi connectivity index (χ2n) is 4.92. The molecule has 0 aliphatic rings. The molecule has 0 atom stereocenters. The number of fused-ring (bicyclic) bond motifs is 1. The van der Waals surface area contributed by atoms with Crippen molar-refractivity contribution < 1.29 is 18.4 Å². The molecule has 5 nitrogen and oxygen atoms in total. The Balaban J connectivity index is 1.93. The van der Waals surface area contributed by atoms with Gasteiger partial charge in [0.1, 0.15) is 17.1 Å². The number of hydrogen-bond acceptors (Lipinski definition) is 6. The van der Waals surface area contributed by atoms with Gasteiger partial charge in [0, 0.05) is 6.92 Å². The molecule has 0 bridgehead atoms. The number of thiazole rings is 1. The predicted octanol–water partition coefficient (Wildman–Crippen LogP) is 3.84. The van der Waals surface area contributed by atoms with E-state index in [0.29, 0.717) is 15.6 Å². The van der Waals surface area contributed by atoms with Crippen LogP contribution in [0.3, 0.4) is 0 Å². The Morgan fingerprint density at radius 1 is 1.33 bits per heavy atom. The summed E-state index contributed by atoms with van der Waals surface area (Å²) in [5.41, 5.74) is 0.231. The van der Waals surface area contributed by atoms with Gasteiger partial charge in [-0.05, 0) is 24.3 Å². The van der Waals surface area contributed by atoms with Crippen LogP contribution in [0, 0.1) is 5.82 Å². The fraction of sp³-hybridized carbons (Fsp3) is 0.188. The number of thioether (sulfide) groups is 1. The number of anilines is 1. The summed E-state index contributed by atoms with van der Waals surface area (Å²) in [6.45, 7) is 1.58. The van der Waals surface area contributed by atoms with E-state index in [1.807, 2.05) is 0 Å². The molecule has 2 heterocycles. The van der Waals surface area contributed by atoms with E-state index in [1.165, 1.54) is 35.5 Å². The van der Waals surface area contributed by atoms with Crippen LogP contribution >= 0.6 is 23.1 Å². The van der Waals surface area contributed by atoms with Crippen molar-refractivity contribution in [3.63, 3.8) is 0 Å². The number of halogens is 1. The molecule has 0 saturated carbocycles. The normalized spacial score (nSPS) is 10.9. The molecule has 0 saturated heterocycles. The molecule has 124 valence electrons. The van der Waals surface area contributed by atoms with Crippen LogP contribution in [0.15, 0.2) is 41.0 Å². The van der Waals surface area contributed by atoms with E-state index < -0.39 is 5.82 Å². The second-order valence-corrected chi connectivity index (χ2v) is 7.08. The maximum absolute atomic E-state index is 13.9. The lowest BCUT2D eigenvalue weighted by Gasteiger charge is -2.18. The van der Waals surface area contributed by atoms with Crippen LogP contribution in [0.5, 0.6) is 0 Å². The van der Waals surface area contributed by atoms with Crippen molar-refractivity contribution >= 4 is 49.5 Å². The molecule has 8 heteroatoms. The minimum Gasteiger partial charge on any atom is -0.467 e. The van der Waals surface area contributed by atoms with Crippen LogP contribution in [0.1, 0.15) is 12.7 Å². The van der Waals surface area contributed by atoms with E-state index in [0.717, 1.165) is 11.8 Å². The highest BCUT2D eigenvalue weighted by Gasteiger charge is 2.22. The third-order valence-electron chi connectivity index (χ3n) is 3.18. The molecule has 0 N–H and O–H groups in total. The maximum Gasteiger partial charge on any atom is 0.239 e. The number of benzene rings is 1. The SMILES string of the molecule is CC(=O)SCC(=O)N(Cc1ccco1)c1nc2c(F)cccc2s1. The van der Waals surface area contributed by atoms with Gasteiger partial charge in [-0.2, -0.15) is 0 Å². The van der Waals surface area contributed by atoms with Gasteiger partial charge in [0.25, 0.3) is 0 Å². The summed E-state index contributed by atoms with van der Waals surface area (Å²) in [6, 6.07) is 8.14. The molecule has 3 rings (SSSR count). The molecule has 0 spiro atoms. The first kappa shape index (κ1) is 16.7.